The van der Waals surface area contributed by atoms with Crippen LogP contribution in [-0.4, -0.2) is 37.2 Å². The van der Waals surface area contributed by atoms with E-state index < -0.39 is 12.1 Å². The van der Waals surface area contributed by atoms with E-state index in [9.17, 15) is 14.4 Å². The average Bonchev–Trinajstić information content (AvgIpc) is 3.50. The Morgan fingerprint density at radius 3 is 0.807 bits per heavy atom. The van der Waals surface area contributed by atoms with Crippen LogP contribution in [0.25, 0.3) is 0 Å². The first-order valence-corrected chi connectivity index (χ1v) is 35.4. The molecule has 0 N–H and O–H groups in total. The lowest BCUT2D eigenvalue weighted by Gasteiger charge is -2.18. The number of allylic oxidation sites excluding steroid dienone is 18. The van der Waals surface area contributed by atoms with Crippen molar-refractivity contribution in [1.82, 2.24) is 0 Å². The number of esters is 3. The van der Waals surface area contributed by atoms with Gasteiger partial charge in [-0.25, -0.2) is 0 Å². The van der Waals surface area contributed by atoms with Gasteiger partial charge in [0.15, 0.2) is 6.10 Å². The van der Waals surface area contributed by atoms with Crippen LogP contribution in [0.4, 0.5) is 0 Å². The van der Waals surface area contributed by atoms with Crippen molar-refractivity contribution in [3.63, 3.8) is 0 Å². The fourth-order valence-electron chi connectivity index (χ4n) is 10.0. The highest BCUT2D eigenvalue weighted by atomic mass is 16.6. The van der Waals surface area contributed by atoms with Crippen LogP contribution < -0.4 is 0 Å². The van der Waals surface area contributed by atoms with Crippen LogP contribution in [0, 0.1) is 0 Å². The van der Waals surface area contributed by atoms with Crippen LogP contribution in [-0.2, 0) is 28.6 Å². The Hall–Kier alpha value is -3.93. The predicted octanol–water partition coefficient (Wildman–Crippen LogP) is 24.6. The van der Waals surface area contributed by atoms with Crippen LogP contribution in [0.1, 0.15) is 342 Å². The summed E-state index contributed by atoms with van der Waals surface area (Å²) in [4.78, 5) is 38.4. The van der Waals surface area contributed by atoms with Gasteiger partial charge >= 0.3 is 17.9 Å². The highest BCUT2D eigenvalue weighted by Gasteiger charge is 2.19. The summed E-state index contributed by atoms with van der Waals surface area (Å²) in [5, 5.41) is 0. The molecular formula is C77H132O6. The fourth-order valence-corrected chi connectivity index (χ4v) is 10.0. The second kappa shape index (κ2) is 70.6. The maximum absolute atomic E-state index is 12.9. The highest BCUT2D eigenvalue weighted by Crippen LogP contribution is 2.18. The molecule has 0 heterocycles. The smallest absolute Gasteiger partial charge is 0.306 e. The molecule has 0 aliphatic rings. The Morgan fingerprint density at radius 2 is 0.494 bits per heavy atom. The van der Waals surface area contributed by atoms with Gasteiger partial charge in [0.1, 0.15) is 13.2 Å². The molecule has 0 aromatic heterocycles. The molecule has 0 saturated heterocycles. The van der Waals surface area contributed by atoms with Crippen molar-refractivity contribution in [2.24, 2.45) is 0 Å². The Morgan fingerprint density at radius 1 is 0.253 bits per heavy atom. The Balaban J connectivity index is 4.40. The molecule has 0 rings (SSSR count). The molecule has 0 amide bonds. The van der Waals surface area contributed by atoms with E-state index in [0.717, 1.165) is 103 Å². The molecule has 0 radical (unpaired) electrons. The Bertz CT molecular complexity index is 1660. The monoisotopic (exact) mass is 1150 g/mol. The topological polar surface area (TPSA) is 78.9 Å². The Labute approximate surface area is 514 Å². The minimum atomic E-state index is -0.827. The van der Waals surface area contributed by atoms with Crippen molar-refractivity contribution in [1.29, 1.82) is 0 Å². The van der Waals surface area contributed by atoms with Crippen molar-refractivity contribution in [2.45, 2.75) is 348 Å². The van der Waals surface area contributed by atoms with Gasteiger partial charge in [0, 0.05) is 19.3 Å². The molecule has 0 spiro atoms. The van der Waals surface area contributed by atoms with E-state index in [0.29, 0.717) is 19.3 Å². The summed E-state index contributed by atoms with van der Waals surface area (Å²) in [7, 11) is 0. The average molecular weight is 1150 g/mol. The van der Waals surface area contributed by atoms with Gasteiger partial charge in [-0.2, -0.15) is 0 Å². The zero-order chi connectivity index (χ0) is 59.9. The number of unbranched alkanes of at least 4 members (excludes halogenated alkanes) is 35. The van der Waals surface area contributed by atoms with E-state index in [-0.39, 0.29) is 31.6 Å². The molecule has 6 heteroatoms. The summed E-state index contributed by atoms with van der Waals surface area (Å²) in [6, 6.07) is 0. The van der Waals surface area contributed by atoms with Crippen molar-refractivity contribution in [3.8, 4) is 0 Å². The SMILES string of the molecule is CC/C=C\C/C=C\C/C=C\C/C=C\C/C=C\C/C=C\CCC(=O)OC(COC(=O)CCCCCCCC/C=C\C/C=C\C/C=C\CCCCC)COC(=O)CCCCCCCCCCCCCCCCCCCCCCCCCCCCC. The minimum absolute atomic E-state index is 0.111. The molecule has 0 aromatic carbocycles. The summed E-state index contributed by atoms with van der Waals surface area (Å²) in [6.07, 6.45) is 97.0. The molecule has 0 aliphatic carbocycles. The zero-order valence-corrected chi connectivity index (χ0v) is 54.7. The first kappa shape index (κ1) is 79.1. The quantitative estimate of drug-likeness (QED) is 0.0261. The number of carbonyl (C=O) groups is 3. The van der Waals surface area contributed by atoms with Gasteiger partial charge in [-0.15, -0.1) is 0 Å². The van der Waals surface area contributed by atoms with Crippen molar-refractivity contribution < 1.29 is 28.6 Å². The third-order valence-electron chi connectivity index (χ3n) is 15.3. The van der Waals surface area contributed by atoms with E-state index in [1.54, 1.807) is 0 Å². The standard InChI is InChI=1S/C77H132O6/c1-4-7-10-13-16-19-22-25-28-31-34-35-36-37-38-39-40-41-44-46-49-52-55-58-61-64-67-70-76(79)82-73-74(83-77(80)71-68-65-62-59-56-53-50-47-43-33-30-27-24-21-18-15-12-9-6-3)72-81-75(78)69-66-63-60-57-54-51-48-45-42-32-29-26-23-20-17-14-11-8-5-2/h9,12,17-18,20-21,26-27,29-30,42-43,45,47,53,56,62,65,74H,4-8,10-11,13-16,19,22-25,28,31-41,44,46,48-52,54-55,57-61,63-64,66-73H2,1-3H3/b12-9-,20-17-,21-18-,29-26-,30-27-,45-42-,47-43-,56-53-,65-62-. The van der Waals surface area contributed by atoms with E-state index in [2.05, 4.69) is 124 Å². The first-order valence-electron chi connectivity index (χ1n) is 35.4. The predicted molar refractivity (Wildman–Crippen MR) is 362 cm³/mol. The van der Waals surface area contributed by atoms with E-state index >= 15 is 0 Å². The van der Waals surface area contributed by atoms with Crippen molar-refractivity contribution >= 4 is 17.9 Å². The van der Waals surface area contributed by atoms with E-state index in [1.807, 2.05) is 6.08 Å². The normalized spacial score (nSPS) is 12.8. The van der Waals surface area contributed by atoms with Gasteiger partial charge in [0.05, 0.1) is 0 Å². The summed E-state index contributed by atoms with van der Waals surface area (Å²) >= 11 is 0. The van der Waals surface area contributed by atoms with Crippen molar-refractivity contribution in [3.05, 3.63) is 109 Å². The third-order valence-corrected chi connectivity index (χ3v) is 15.3. The van der Waals surface area contributed by atoms with Gasteiger partial charge in [-0.1, -0.05) is 336 Å². The van der Waals surface area contributed by atoms with Crippen molar-refractivity contribution in [2.75, 3.05) is 13.2 Å². The second-order valence-electron chi connectivity index (χ2n) is 23.4. The molecule has 1 unspecified atom stereocenters. The number of ether oxygens (including phenoxy) is 3. The third kappa shape index (κ3) is 68.7. The van der Waals surface area contributed by atoms with Gasteiger partial charge in [-0.05, 0) is 96.3 Å². The number of carbonyl (C=O) groups excluding carboxylic acids is 3. The minimum Gasteiger partial charge on any atom is -0.462 e. The number of hydrogen-bond acceptors (Lipinski definition) is 6. The molecule has 0 fully saturated rings. The number of rotatable bonds is 64. The molecule has 1 atom stereocenters. The lowest BCUT2D eigenvalue weighted by Crippen LogP contribution is -2.30. The molecule has 0 aromatic rings. The van der Waals surface area contributed by atoms with Gasteiger partial charge < -0.3 is 14.2 Å². The van der Waals surface area contributed by atoms with E-state index in [1.165, 1.54) is 193 Å². The molecule has 0 aliphatic heterocycles. The van der Waals surface area contributed by atoms with E-state index in [4.69, 9.17) is 14.2 Å². The molecule has 0 saturated carbocycles. The second-order valence-corrected chi connectivity index (χ2v) is 23.4. The maximum Gasteiger partial charge on any atom is 0.306 e. The van der Waals surface area contributed by atoms with Crippen LogP contribution >= 0.6 is 0 Å². The summed E-state index contributed by atoms with van der Waals surface area (Å²) in [5.74, 6) is -0.996. The largest absolute Gasteiger partial charge is 0.462 e. The van der Waals surface area contributed by atoms with Crippen LogP contribution in [0.5, 0.6) is 0 Å². The number of hydrogen-bond donors (Lipinski definition) is 0. The van der Waals surface area contributed by atoms with Gasteiger partial charge in [-0.3, -0.25) is 14.4 Å². The lowest BCUT2D eigenvalue weighted by atomic mass is 10.0. The maximum atomic E-state index is 12.9. The molecule has 6 nitrogen and oxygen atoms in total. The summed E-state index contributed by atoms with van der Waals surface area (Å²) in [6.45, 7) is 6.47. The van der Waals surface area contributed by atoms with Gasteiger partial charge in [0.2, 0.25) is 0 Å². The molecular weight excluding hydrogens is 1020 g/mol. The fraction of sp³-hybridized carbons (Fsp3) is 0.727. The highest BCUT2D eigenvalue weighted by molar-refractivity contribution is 5.71. The summed E-state index contributed by atoms with van der Waals surface area (Å²) < 4.78 is 16.9. The zero-order valence-electron chi connectivity index (χ0n) is 54.7. The van der Waals surface area contributed by atoms with Crippen LogP contribution in [0.2, 0.25) is 0 Å². The molecule has 83 heavy (non-hydrogen) atoms. The lowest BCUT2D eigenvalue weighted by molar-refractivity contribution is -0.166. The molecule has 476 valence electrons. The van der Waals surface area contributed by atoms with Gasteiger partial charge in [0.25, 0.3) is 0 Å². The first-order chi connectivity index (χ1) is 41.0. The Kier molecular flexibility index (Phi) is 67.2. The van der Waals surface area contributed by atoms with Crippen LogP contribution in [0.3, 0.4) is 0 Å². The summed E-state index contributed by atoms with van der Waals surface area (Å²) in [5.41, 5.74) is 0. The van der Waals surface area contributed by atoms with Crippen LogP contribution in [0.15, 0.2) is 109 Å². The molecule has 0 bridgehead atoms.